The van der Waals surface area contributed by atoms with E-state index in [9.17, 15) is 9.59 Å². The van der Waals surface area contributed by atoms with Gasteiger partial charge >= 0.3 is 6.03 Å². The van der Waals surface area contributed by atoms with E-state index in [0.29, 0.717) is 15.7 Å². The van der Waals surface area contributed by atoms with Crippen molar-refractivity contribution in [1.29, 1.82) is 0 Å². The second kappa shape index (κ2) is 5.75. The van der Waals surface area contributed by atoms with Gasteiger partial charge in [0.2, 0.25) is 5.91 Å². The maximum atomic E-state index is 11.6. The Balaban J connectivity index is 2.67. The van der Waals surface area contributed by atoms with Crippen LogP contribution in [0.4, 0.5) is 10.5 Å². The first-order valence-electron chi connectivity index (χ1n) is 4.72. The minimum Gasteiger partial charge on any atom is -0.352 e. The van der Waals surface area contributed by atoms with E-state index in [4.69, 9.17) is 28.9 Å². The Morgan fingerprint density at radius 2 is 1.94 bits per heavy atom. The molecule has 1 aromatic carbocycles. The van der Waals surface area contributed by atoms with E-state index in [-0.39, 0.29) is 0 Å². The summed E-state index contributed by atoms with van der Waals surface area (Å²) in [6.45, 7) is 1.51. The van der Waals surface area contributed by atoms with Crippen molar-refractivity contribution in [3.63, 3.8) is 0 Å². The Morgan fingerprint density at radius 3 is 2.47 bits per heavy atom. The second-order valence-corrected chi connectivity index (χ2v) is 4.16. The molecule has 92 valence electrons. The van der Waals surface area contributed by atoms with Crippen molar-refractivity contribution in [2.45, 2.75) is 13.0 Å². The molecule has 0 heterocycles. The number of urea groups is 1. The SMILES string of the molecule is C[C@@H](NC(N)=O)C(=O)Nc1ccc(Cl)c(Cl)c1. The van der Waals surface area contributed by atoms with Crippen LogP contribution in [0.2, 0.25) is 10.0 Å². The number of hydrogen-bond acceptors (Lipinski definition) is 2. The minimum atomic E-state index is -0.762. The Bertz CT molecular complexity index is 451. The molecule has 5 nitrogen and oxygen atoms in total. The molecule has 0 saturated heterocycles. The average molecular weight is 276 g/mol. The molecule has 0 fully saturated rings. The van der Waals surface area contributed by atoms with Crippen LogP contribution in [-0.4, -0.2) is 18.0 Å². The first-order valence-corrected chi connectivity index (χ1v) is 5.47. The van der Waals surface area contributed by atoms with Crippen LogP contribution >= 0.6 is 23.2 Å². The lowest BCUT2D eigenvalue weighted by molar-refractivity contribution is -0.117. The number of anilines is 1. The number of nitrogens with one attached hydrogen (secondary N) is 2. The van der Waals surface area contributed by atoms with Gasteiger partial charge in [0.15, 0.2) is 0 Å². The molecule has 0 aliphatic heterocycles. The zero-order valence-electron chi connectivity index (χ0n) is 8.96. The summed E-state index contributed by atoms with van der Waals surface area (Å²) in [5.74, 6) is -0.401. The Labute approximate surface area is 108 Å². The monoisotopic (exact) mass is 275 g/mol. The number of benzene rings is 1. The summed E-state index contributed by atoms with van der Waals surface area (Å²) in [5, 5.41) is 5.55. The topological polar surface area (TPSA) is 84.2 Å². The highest BCUT2D eigenvalue weighted by molar-refractivity contribution is 6.42. The Kier molecular flexibility index (Phi) is 4.60. The fraction of sp³-hybridized carbons (Fsp3) is 0.200. The van der Waals surface area contributed by atoms with Gasteiger partial charge in [-0.05, 0) is 25.1 Å². The molecule has 0 spiro atoms. The van der Waals surface area contributed by atoms with Crippen molar-refractivity contribution in [1.82, 2.24) is 5.32 Å². The minimum absolute atomic E-state index is 0.333. The smallest absolute Gasteiger partial charge is 0.312 e. The third kappa shape index (κ3) is 4.13. The number of primary amides is 1. The molecule has 0 radical (unpaired) electrons. The van der Waals surface area contributed by atoms with Crippen molar-refractivity contribution in [2.24, 2.45) is 5.73 Å². The molecule has 1 rings (SSSR count). The quantitative estimate of drug-likeness (QED) is 0.788. The number of rotatable bonds is 3. The molecule has 1 aromatic rings. The van der Waals surface area contributed by atoms with Crippen LogP contribution in [0.25, 0.3) is 0 Å². The standard InChI is InChI=1S/C10H11Cl2N3O2/c1-5(14-10(13)17)9(16)15-6-2-3-7(11)8(12)4-6/h2-5H,1H3,(H,15,16)(H3,13,14,17)/t5-/m1/s1. The fourth-order valence-corrected chi connectivity index (χ4v) is 1.40. The molecule has 0 aromatic heterocycles. The molecule has 7 heteroatoms. The predicted molar refractivity (Wildman–Crippen MR) is 67.3 cm³/mol. The summed E-state index contributed by atoms with van der Waals surface area (Å²) in [5.41, 5.74) is 5.39. The third-order valence-corrected chi connectivity index (χ3v) is 2.68. The molecule has 0 saturated carbocycles. The summed E-state index contributed by atoms with van der Waals surface area (Å²) >= 11 is 11.5. The van der Waals surface area contributed by atoms with Gasteiger partial charge in [0.25, 0.3) is 0 Å². The first kappa shape index (κ1) is 13.6. The van der Waals surface area contributed by atoms with Gasteiger partial charge in [-0.15, -0.1) is 0 Å². The van der Waals surface area contributed by atoms with Crippen molar-refractivity contribution < 1.29 is 9.59 Å². The lowest BCUT2D eigenvalue weighted by atomic mass is 10.2. The van der Waals surface area contributed by atoms with Gasteiger partial charge in [-0.3, -0.25) is 4.79 Å². The van der Waals surface area contributed by atoms with Gasteiger partial charge < -0.3 is 16.4 Å². The summed E-state index contributed by atoms with van der Waals surface area (Å²) in [4.78, 5) is 22.1. The number of amides is 3. The maximum Gasteiger partial charge on any atom is 0.312 e. The first-order chi connectivity index (χ1) is 7.90. The highest BCUT2D eigenvalue weighted by Crippen LogP contribution is 2.24. The van der Waals surface area contributed by atoms with E-state index in [2.05, 4.69) is 10.6 Å². The highest BCUT2D eigenvalue weighted by atomic mass is 35.5. The number of hydrogen-bond donors (Lipinski definition) is 3. The number of carbonyl (C=O) groups is 2. The second-order valence-electron chi connectivity index (χ2n) is 3.35. The molecule has 0 aliphatic rings. The molecule has 0 bridgehead atoms. The van der Waals surface area contributed by atoms with Crippen LogP contribution in [0, 0.1) is 0 Å². The van der Waals surface area contributed by atoms with Crippen molar-refractivity contribution in [3.8, 4) is 0 Å². The van der Waals surface area contributed by atoms with E-state index in [1.807, 2.05) is 0 Å². The van der Waals surface area contributed by atoms with Gasteiger partial charge in [0, 0.05) is 5.69 Å². The molecule has 0 aliphatic carbocycles. The molecular formula is C10H11Cl2N3O2. The summed E-state index contributed by atoms with van der Waals surface area (Å²) < 4.78 is 0. The predicted octanol–water partition coefficient (Wildman–Crippen LogP) is 1.99. The van der Waals surface area contributed by atoms with E-state index in [1.54, 1.807) is 12.1 Å². The van der Waals surface area contributed by atoms with Crippen molar-refractivity contribution >= 4 is 40.8 Å². The summed E-state index contributed by atoms with van der Waals surface area (Å²) in [6.07, 6.45) is 0. The van der Waals surface area contributed by atoms with Crippen LogP contribution in [0.15, 0.2) is 18.2 Å². The van der Waals surface area contributed by atoms with E-state index < -0.39 is 18.0 Å². The third-order valence-electron chi connectivity index (χ3n) is 1.94. The van der Waals surface area contributed by atoms with Crippen molar-refractivity contribution in [3.05, 3.63) is 28.2 Å². The lowest BCUT2D eigenvalue weighted by Crippen LogP contribution is -2.44. The zero-order valence-corrected chi connectivity index (χ0v) is 10.5. The molecular weight excluding hydrogens is 265 g/mol. The molecule has 1 atom stereocenters. The van der Waals surface area contributed by atoms with Crippen LogP contribution in [-0.2, 0) is 4.79 Å². The van der Waals surface area contributed by atoms with E-state index in [1.165, 1.54) is 13.0 Å². The highest BCUT2D eigenvalue weighted by Gasteiger charge is 2.14. The van der Waals surface area contributed by atoms with Gasteiger partial charge in [0.1, 0.15) is 6.04 Å². The van der Waals surface area contributed by atoms with E-state index in [0.717, 1.165) is 0 Å². The number of halogens is 2. The van der Waals surface area contributed by atoms with Crippen LogP contribution in [0.5, 0.6) is 0 Å². The lowest BCUT2D eigenvalue weighted by Gasteiger charge is -2.12. The van der Waals surface area contributed by atoms with Crippen LogP contribution < -0.4 is 16.4 Å². The van der Waals surface area contributed by atoms with Gasteiger partial charge in [-0.25, -0.2) is 4.79 Å². The Morgan fingerprint density at radius 1 is 1.29 bits per heavy atom. The largest absolute Gasteiger partial charge is 0.352 e. The normalized spacial score (nSPS) is 11.7. The van der Waals surface area contributed by atoms with Gasteiger partial charge in [0.05, 0.1) is 10.0 Å². The molecule has 3 amide bonds. The number of nitrogens with two attached hydrogens (primary N) is 1. The maximum absolute atomic E-state index is 11.6. The summed E-state index contributed by atoms with van der Waals surface area (Å²) in [6, 6.07) is 3.18. The molecule has 0 unspecified atom stereocenters. The van der Waals surface area contributed by atoms with Crippen molar-refractivity contribution in [2.75, 3.05) is 5.32 Å². The Hall–Kier alpha value is -1.46. The average Bonchev–Trinajstić information content (AvgIpc) is 2.22. The molecule has 4 N–H and O–H groups in total. The van der Waals surface area contributed by atoms with Gasteiger partial charge in [-0.1, -0.05) is 23.2 Å². The zero-order chi connectivity index (χ0) is 13.0. The van der Waals surface area contributed by atoms with E-state index >= 15 is 0 Å². The van der Waals surface area contributed by atoms with Crippen LogP contribution in [0.3, 0.4) is 0 Å². The fourth-order valence-electron chi connectivity index (χ4n) is 1.10. The number of carbonyl (C=O) groups excluding carboxylic acids is 2. The molecule has 17 heavy (non-hydrogen) atoms. The van der Waals surface area contributed by atoms with Crippen LogP contribution in [0.1, 0.15) is 6.92 Å². The van der Waals surface area contributed by atoms with Gasteiger partial charge in [-0.2, -0.15) is 0 Å². The summed E-state index contributed by atoms with van der Waals surface area (Å²) in [7, 11) is 0.